The van der Waals surface area contributed by atoms with Crippen LogP contribution in [0, 0.1) is 0 Å². The molecule has 0 saturated heterocycles. The topological polar surface area (TPSA) is 72.2 Å². The number of hydrogen-bond donors (Lipinski definition) is 2. The van der Waals surface area contributed by atoms with Gasteiger partial charge in [0.05, 0.1) is 9.36 Å². The van der Waals surface area contributed by atoms with E-state index >= 15 is 0 Å². The van der Waals surface area contributed by atoms with E-state index in [2.05, 4.69) is 4.72 Å². The first kappa shape index (κ1) is 16.7. The van der Waals surface area contributed by atoms with E-state index in [1.54, 1.807) is 18.2 Å². The van der Waals surface area contributed by atoms with Crippen LogP contribution >= 0.6 is 46.8 Å². The van der Waals surface area contributed by atoms with Crippen LogP contribution in [0.1, 0.15) is 10.4 Å². The molecule has 0 fully saturated rings. The first-order chi connectivity index (χ1) is 9.79. The highest BCUT2D eigenvalue weighted by Gasteiger charge is 2.19. The van der Waals surface area contributed by atoms with E-state index in [4.69, 9.17) is 41.2 Å². The largest absolute Gasteiger partial charge is 0.389 e. The summed E-state index contributed by atoms with van der Waals surface area (Å²) < 4.78 is 27.7. The SMILES string of the molecule is NC(=S)c1ccc(Cl)c(S(=O)(=O)NCc2ccc(Cl)s2)c1. The van der Waals surface area contributed by atoms with E-state index in [1.165, 1.54) is 23.5 Å². The number of thiocarbonyl (C=S) groups is 1. The monoisotopic (exact) mass is 380 g/mol. The molecule has 21 heavy (non-hydrogen) atoms. The molecule has 4 nitrogen and oxygen atoms in total. The van der Waals surface area contributed by atoms with Crippen LogP contribution in [0.5, 0.6) is 0 Å². The molecular formula is C12H10Cl2N2O2S3. The van der Waals surface area contributed by atoms with E-state index in [0.717, 1.165) is 4.88 Å². The number of sulfonamides is 1. The van der Waals surface area contributed by atoms with E-state index < -0.39 is 10.0 Å². The van der Waals surface area contributed by atoms with Gasteiger partial charge in [-0.05, 0) is 24.3 Å². The van der Waals surface area contributed by atoms with Crippen LogP contribution in [0.4, 0.5) is 0 Å². The van der Waals surface area contributed by atoms with Crippen molar-refractivity contribution in [2.75, 3.05) is 0 Å². The normalized spacial score (nSPS) is 11.5. The molecule has 0 aliphatic rings. The Hall–Kier alpha value is -0.700. The molecule has 0 aliphatic carbocycles. The van der Waals surface area contributed by atoms with Gasteiger partial charge in [-0.15, -0.1) is 11.3 Å². The predicted molar refractivity (Wildman–Crippen MR) is 90.7 cm³/mol. The van der Waals surface area contributed by atoms with Gasteiger partial charge in [0.2, 0.25) is 10.0 Å². The Kier molecular flexibility index (Phi) is 5.24. The molecule has 2 aromatic rings. The highest BCUT2D eigenvalue weighted by molar-refractivity contribution is 7.89. The minimum absolute atomic E-state index is 0.0582. The summed E-state index contributed by atoms with van der Waals surface area (Å²) in [5.74, 6) is 0. The summed E-state index contributed by atoms with van der Waals surface area (Å²) in [6.45, 7) is 0.132. The Morgan fingerprint density at radius 2 is 2.00 bits per heavy atom. The van der Waals surface area contributed by atoms with Crippen LogP contribution in [-0.4, -0.2) is 13.4 Å². The number of benzene rings is 1. The molecule has 112 valence electrons. The van der Waals surface area contributed by atoms with Gasteiger partial charge < -0.3 is 5.73 Å². The fourth-order valence-corrected chi connectivity index (χ4v) is 4.33. The first-order valence-corrected chi connectivity index (χ1v) is 9.09. The summed E-state index contributed by atoms with van der Waals surface area (Å²) in [6, 6.07) is 7.84. The average Bonchev–Trinajstić information content (AvgIpc) is 2.82. The Balaban J connectivity index is 2.26. The maximum Gasteiger partial charge on any atom is 0.242 e. The van der Waals surface area contributed by atoms with Crippen molar-refractivity contribution in [2.45, 2.75) is 11.4 Å². The van der Waals surface area contributed by atoms with Crippen LogP contribution in [0.15, 0.2) is 35.2 Å². The van der Waals surface area contributed by atoms with Gasteiger partial charge in [0, 0.05) is 17.0 Å². The van der Waals surface area contributed by atoms with Gasteiger partial charge in [-0.2, -0.15) is 0 Å². The molecule has 0 aliphatic heterocycles. The second-order valence-electron chi connectivity index (χ2n) is 4.04. The van der Waals surface area contributed by atoms with Gasteiger partial charge in [0.1, 0.15) is 9.88 Å². The highest BCUT2D eigenvalue weighted by atomic mass is 35.5. The number of thiophene rings is 1. The number of hydrogen-bond acceptors (Lipinski definition) is 4. The average molecular weight is 381 g/mol. The summed E-state index contributed by atoms with van der Waals surface area (Å²) >= 11 is 17.9. The minimum Gasteiger partial charge on any atom is -0.389 e. The summed E-state index contributed by atoms with van der Waals surface area (Å²) in [6.07, 6.45) is 0. The standard InChI is InChI=1S/C12H10Cl2N2O2S3/c13-9-3-1-7(12(15)19)5-10(9)21(17,18)16-6-8-2-4-11(14)20-8/h1-5,16H,6H2,(H2,15,19). The van der Waals surface area contributed by atoms with Crippen molar-refractivity contribution in [3.8, 4) is 0 Å². The van der Waals surface area contributed by atoms with Crippen molar-refractivity contribution >= 4 is 61.8 Å². The molecule has 0 saturated carbocycles. The third-order valence-electron chi connectivity index (χ3n) is 2.57. The fourth-order valence-electron chi connectivity index (χ4n) is 1.55. The lowest BCUT2D eigenvalue weighted by Gasteiger charge is -2.09. The summed E-state index contributed by atoms with van der Waals surface area (Å²) in [7, 11) is -3.77. The number of nitrogens with one attached hydrogen (secondary N) is 1. The quantitative estimate of drug-likeness (QED) is 0.781. The Morgan fingerprint density at radius 3 is 2.57 bits per heavy atom. The lowest BCUT2D eigenvalue weighted by Crippen LogP contribution is -2.23. The lowest BCUT2D eigenvalue weighted by atomic mass is 10.2. The van der Waals surface area contributed by atoms with Crippen molar-refractivity contribution in [3.63, 3.8) is 0 Å². The number of rotatable bonds is 5. The van der Waals surface area contributed by atoms with E-state index in [0.29, 0.717) is 9.90 Å². The van der Waals surface area contributed by atoms with Crippen molar-refractivity contribution in [3.05, 3.63) is 50.1 Å². The molecule has 1 aromatic carbocycles. The van der Waals surface area contributed by atoms with Gasteiger partial charge in [0.25, 0.3) is 0 Å². The van der Waals surface area contributed by atoms with Gasteiger partial charge in [-0.3, -0.25) is 0 Å². The second-order valence-corrected chi connectivity index (χ2v) is 8.42. The van der Waals surface area contributed by atoms with Crippen LogP contribution < -0.4 is 10.5 Å². The van der Waals surface area contributed by atoms with Gasteiger partial charge in [0.15, 0.2) is 0 Å². The predicted octanol–water partition coefficient (Wildman–Crippen LogP) is 3.17. The molecule has 3 N–H and O–H groups in total. The van der Waals surface area contributed by atoms with Crippen LogP contribution in [0.3, 0.4) is 0 Å². The van der Waals surface area contributed by atoms with Gasteiger partial charge >= 0.3 is 0 Å². The molecule has 0 amide bonds. The molecule has 9 heteroatoms. The van der Waals surface area contributed by atoms with Crippen LogP contribution in [-0.2, 0) is 16.6 Å². The van der Waals surface area contributed by atoms with Crippen LogP contribution in [0.2, 0.25) is 9.36 Å². The maximum atomic E-state index is 12.3. The molecule has 0 radical (unpaired) electrons. The second kappa shape index (κ2) is 6.60. The smallest absolute Gasteiger partial charge is 0.242 e. The molecule has 0 spiro atoms. The fraction of sp³-hybridized carbons (Fsp3) is 0.0833. The lowest BCUT2D eigenvalue weighted by molar-refractivity contribution is 0.582. The zero-order chi connectivity index (χ0) is 15.6. The third kappa shape index (κ3) is 4.15. The van der Waals surface area contributed by atoms with E-state index in [9.17, 15) is 8.42 Å². The Morgan fingerprint density at radius 1 is 1.29 bits per heavy atom. The minimum atomic E-state index is -3.77. The van der Waals surface area contributed by atoms with E-state index in [1.807, 2.05) is 0 Å². The molecule has 0 atom stereocenters. The van der Waals surface area contributed by atoms with Crippen molar-refractivity contribution in [2.24, 2.45) is 5.73 Å². The highest BCUT2D eigenvalue weighted by Crippen LogP contribution is 2.24. The summed E-state index contributed by atoms with van der Waals surface area (Å²) in [4.78, 5) is 0.843. The van der Waals surface area contributed by atoms with Gasteiger partial charge in [-0.25, -0.2) is 13.1 Å². The van der Waals surface area contributed by atoms with Crippen LogP contribution in [0.25, 0.3) is 0 Å². The number of halogens is 2. The summed E-state index contributed by atoms with van der Waals surface area (Å²) in [5.41, 5.74) is 5.94. The molecule has 0 bridgehead atoms. The van der Waals surface area contributed by atoms with Crippen molar-refractivity contribution in [1.29, 1.82) is 0 Å². The molecular weight excluding hydrogens is 371 g/mol. The first-order valence-electron chi connectivity index (χ1n) is 5.63. The van der Waals surface area contributed by atoms with E-state index in [-0.39, 0.29) is 21.5 Å². The van der Waals surface area contributed by atoms with Crippen molar-refractivity contribution < 1.29 is 8.42 Å². The summed E-state index contributed by atoms with van der Waals surface area (Å²) in [5, 5.41) is 0.103. The third-order valence-corrected chi connectivity index (χ3v) is 5.92. The maximum absolute atomic E-state index is 12.3. The Labute approximate surface area is 141 Å². The van der Waals surface area contributed by atoms with Crippen molar-refractivity contribution in [1.82, 2.24) is 4.72 Å². The molecule has 1 heterocycles. The zero-order valence-corrected chi connectivity index (χ0v) is 14.4. The number of nitrogens with two attached hydrogens (primary N) is 1. The Bertz CT molecular complexity index is 788. The molecule has 1 aromatic heterocycles. The van der Waals surface area contributed by atoms with Gasteiger partial charge in [-0.1, -0.05) is 41.5 Å². The molecule has 0 unspecified atom stereocenters. The molecule has 2 rings (SSSR count). The zero-order valence-electron chi connectivity index (χ0n) is 10.5.